The fourth-order valence-corrected chi connectivity index (χ4v) is 2.03. The second-order valence-corrected chi connectivity index (χ2v) is 4.67. The van der Waals surface area contributed by atoms with Crippen LogP contribution in [0.25, 0.3) is 0 Å². The first-order valence-corrected chi connectivity index (χ1v) is 6.25. The Morgan fingerprint density at radius 2 is 2.05 bits per heavy atom. The maximum Gasteiger partial charge on any atom is 0.415 e. The van der Waals surface area contributed by atoms with Gasteiger partial charge in [-0.2, -0.15) is 0 Å². The lowest BCUT2D eigenvalue weighted by Crippen LogP contribution is -2.42. The molecule has 0 spiro atoms. The van der Waals surface area contributed by atoms with E-state index in [-0.39, 0.29) is 11.8 Å². The summed E-state index contributed by atoms with van der Waals surface area (Å²) in [5.41, 5.74) is 6.11. The van der Waals surface area contributed by atoms with Gasteiger partial charge in [0.05, 0.1) is 6.20 Å². The number of rotatable bonds is 2. The number of nitrogens with two attached hydrogens (primary N) is 1. The van der Waals surface area contributed by atoms with Crippen molar-refractivity contribution in [3.8, 4) is 5.75 Å². The Bertz CT molecular complexity index is 465. The van der Waals surface area contributed by atoms with E-state index in [9.17, 15) is 9.59 Å². The summed E-state index contributed by atoms with van der Waals surface area (Å²) < 4.78 is 5.21. The van der Waals surface area contributed by atoms with E-state index in [0.29, 0.717) is 31.7 Å². The Balaban J connectivity index is 1.88. The summed E-state index contributed by atoms with van der Waals surface area (Å²) in [6.07, 6.45) is 2.30. The molecule has 0 radical (unpaired) electrons. The van der Waals surface area contributed by atoms with Gasteiger partial charge in [-0.05, 0) is 31.9 Å². The molecule has 1 aliphatic rings. The fraction of sp³-hybridized carbons (Fsp3) is 0.462. The van der Waals surface area contributed by atoms with Crippen molar-refractivity contribution in [3.05, 3.63) is 24.0 Å². The predicted molar refractivity (Wildman–Crippen MR) is 68.5 cm³/mol. The van der Waals surface area contributed by atoms with Crippen molar-refractivity contribution in [1.29, 1.82) is 0 Å². The molecule has 1 aromatic heterocycles. The Labute approximate surface area is 111 Å². The maximum absolute atomic E-state index is 11.9. The summed E-state index contributed by atoms with van der Waals surface area (Å²) in [6.45, 7) is 2.84. The quantitative estimate of drug-likeness (QED) is 0.865. The summed E-state index contributed by atoms with van der Waals surface area (Å²) in [5.74, 6) is -0.00605. The van der Waals surface area contributed by atoms with Crippen LogP contribution in [0.5, 0.6) is 5.75 Å². The van der Waals surface area contributed by atoms with E-state index < -0.39 is 6.09 Å². The second kappa shape index (κ2) is 5.69. The predicted octanol–water partition coefficient (Wildman–Crippen LogP) is 1.09. The molecule has 0 aliphatic carbocycles. The molecular formula is C13H17N3O3. The molecule has 2 amide bonds. The minimum atomic E-state index is -0.409. The van der Waals surface area contributed by atoms with Gasteiger partial charge in [-0.15, -0.1) is 0 Å². The number of aromatic nitrogens is 1. The number of piperidine rings is 1. The van der Waals surface area contributed by atoms with Crippen molar-refractivity contribution in [2.45, 2.75) is 19.8 Å². The molecule has 1 saturated heterocycles. The van der Waals surface area contributed by atoms with Crippen molar-refractivity contribution in [3.63, 3.8) is 0 Å². The molecule has 0 aromatic carbocycles. The van der Waals surface area contributed by atoms with Crippen LogP contribution in [-0.4, -0.2) is 35.0 Å². The maximum atomic E-state index is 11.9. The number of nitrogens with zero attached hydrogens (tertiary/aromatic N) is 2. The van der Waals surface area contributed by atoms with Crippen LogP contribution in [0.4, 0.5) is 4.79 Å². The van der Waals surface area contributed by atoms with Gasteiger partial charge in [0.2, 0.25) is 5.91 Å². The molecule has 0 saturated carbocycles. The Hall–Kier alpha value is -2.11. The van der Waals surface area contributed by atoms with Gasteiger partial charge in [-0.25, -0.2) is 4.79 Å². The number of carbonyl (C=O) groups excluding carboxylic acids is 2. The Kier molecular flexibility index (Phi) is 3.99. The number of amides is 2. The summed E-state index contributed by atoms with van der Waals surface area (Å²) >= 11 is 0. The molecule has 2 N–H and O–H groups in total. The van der Waals surface area contributed by atoms with E-state index in [0.717, 1.165) is 5.69 Å². The topological polar surface area (TPSA) is 85.5 Å². The number of primary amides is 1. The van der Waals surface area contributed by atoms with Gasteiger partial charge < -0.3 is 15.4 Å². The third-order valence-electron chi connectivity index (χ3n) is 3.24. The molecule has 6 heteroatoms. The van der Waals surface area contributed by atoms with Gasteiger partial charge in [-0.1, -0.05) is 0 Å². The molecule has 6 nitrogen and oxygen atoms in total. The molecule has 19 heavy (non-hydrogen) atoms. The molecule has 0 atom stereocenters. The summed E-state index contributed by atoms with van der Waals surface area (Å²) in [6, 6.07) is 3.48. The third kappa shape index (κ3) is 3.43. The van der Waals surface area contributed by atoms with Crippen molar-refractivity contribution in [1.82, 2.24) is 9.88 Å². The van der Waals surface area contributed by atoms with E-state index in [2.05, 4.69) is 4.98 Å². The zero-order chi connectivity index (χ0) is 13.8. The zero-order valence-electron chi connectivity index (χ0n) is 10.8. The number of aryl methyl sites for hydroxylation is 1. The summed E-state index contributed by atoms with van der Waals surface area (Å²) in [7, 11) is 0. The van der Waals surface area contributed by atoms with Crippen LogP contribution >= 0.6 is 0 Å². The van der Waals surface area contributed by atoms with Gasteiger partial charge in [0.1, 0.15) is 0 Å². The average Bonchev–Trinajstić information content (AvgIpc) is 2.41. The first kappa shape index (κ1) is 13.3. The SMILES string of the molecule is Cc1ccc(OC(=O)N2CCC(C(N)=O)CC2)cn1. The lowest BCUT2D eigenvalue weighted by Gasteiger charge is -2.29. The van der Waals surface area contributed by atoms with Crippen molar-refractivity contribution >= 4 is 12.0 Å². The van der Waals surface area contributed by atoms with Crippen molar-refractivity contribution in [2.75, 3.05) is 13.1 Å². The Morgan fingerprint density at radius 1 is 1.37 bits per heavy atom. The number of carbonyl (C=O) groups is 2. The summed E-state index contributed by atoms with van der Waals surface area (Å²) in [5, 5.41) is 0. The average molecular weight is 263 g/mol. The first-order valence-electron chi connectivity index (χ1n) is 6.25. The number of pyridine rings is 1. The van der Waals surface area contributed by atoms with Crippen LogP contribution in [0.3, 0.4) is 0 Å². The molecule has 1 aliphatic heterocycles. The van der Waals surface area contributed by atoms with E-state index in [1.807, 2.05) is 6.92 Å². The van der Waals surface area contributed by atoms with E-state index in [4.69, 9.17) is 10.5 Å². The van der Waals surface area contributed by atoms with Gasteiger partial charge >= 0.3 is 6.09 Å². The smallest absolute Gasteiger partial charge is 0.409 e. The van der Waals surface area contributed by atoms with E-state index in [1.165, 1.54) is 6.20 Å². The molecule has 0 bridgehead atoms. The van der Waals surface area contributed by atoms with Crippen LogP contribution < -0.4 is 10.5 Å². The van der Waals surface area contributed by atoms with Gasteiger partial charge in [0.15, 0.2) is 5.75 Å². The number of ether oxygens (including phenoxy) is 1. The minimum Gasteiger partial charge on any atom is -0.409 e. The fourth-order valence-electron chi connectivity index (χ4n) is 2.03. The molecule has 1 aromatic rings. The van der Waals surface area contributed by atoms with Crippen LogP contribution in [0.15, 0.2) is 18.3 Å². The van der Waals surface area contributed by atoms with E-state index >= 15 is 0 Å². The Morgan fingerprint density at radius 3 is 2.58 bits per heavy atom. The molecule has 0 unspecified atom stereocenters. The third-order valence-corrected chi connectivity index (χ3v) is 3.24. The van der Waals surface area contributed by atoms with Crippen molar-refractivity contribution in [2.24, 2.45) is 11.7 Å². The van der Waals surface area contributed by atoms with Crippen LogP contribution in [0, 0.1) is 12.8 Å². The molecular weight excluding hydrogens is 246 g/mol. The summed E-state index contributed by atoms with van der Waals surface area (Å²) in [4.78, 5) is 28.6. The largest absolute Gasteiger partial charge is 0.415 e. The van der Waals surface area contributed by atoms with Crippen LogP contribution in [0.2, 0.25) is 0 Å². The molecule has 2 rings (SSSR count). The first-order chi connectivity index (χ1) is 9.06. The zero-order valence-corrected chi connectivity index (χ0v) is 10.8. The highest BCUT2D eigenvalue weighted by Crippen LogP contribution is 2.18. The number of likely N-dealkylation sites (tertiary alicyclic amines) is 1. The number of hydrogen-bond acceptors (Lipinski definition) is 4. The second-order valence-electron chi connectivity index (χ2n) is 4.67. The standard InChI is InChI=1S/C13H17N3O3/c1-9-2-3-11(8-15-9)19-13(18)16-6-4-10(5-7-16)12(14)17/h2-3,8,10H,4-7H2,1H3,(H2,14,17). The lowest BCUT2D eigenvalue weighted by molar-refractivity contribution is -0.123. The number of hydrogen-bond donors (Lipinski definition) is 1. The normalized spacial score (nSPS) is 16.2. The lowest BCUT2D eigenvalue weighted by atomic mass is 9.97. The van der Waals surface area contributed by atoms with Crippen molar-refractivity contribution < 1.29 is 14.3 Å². The highest BCUT2D eigenvalue weighted by molar-refractivity contribution is 5.77. The minimum absolute atomic E-state index is 0.134. The molecule has 1 fully saturated rings. The highest BCUT2D eigenvalue weighted by Gasteiger charge is 2.26. The highest BCUT2D eigenvalue weighted by atomic mass is 16.6. The molecule has 2 heterocycles. The van der Waals surface area contributed by atoms with Gasteiger partial charge in [0.25, 0.3) is 0 Å². The van der Waals surface area contributed by atoms with Crippen LogP contribution in [-0.2, 0) is 4.79 Å². The van der Waals surface area contributed by atoms with Crippen LogP contribution in [0.1, 0.15) is 18.5 Å². The van der Waals surface area contributed by atoms with Gasteiger partial charge in [0, 0.05) is 24.7 Å². The molecule has 102 valence electrons. The monoisotopic (exact) mass is 263 g/mol. The van der Waals surface area contributed by atoms with E-state index in [1.54, 1.807) is 17.0 Å². The van der Waals surface area contributed by atoms with Gasteiger partial charge in [-0.3, -0.25) is 9.78 Å².